The summed E-state index contributed by atoms with van der Waals surface area (Å²) >= 11 is 0. The molecule has 0 fully saturated rings. The van der Waals surface area contributed by atoms with E-state index in [1.165, 1.54) is 0 Å². The van der Waals surface area contributed by atoms with Crippen molar-refractivity contribution < 1.29 is 9.15 Å². The molecule has 0 N–H and O–H groups in total. The number of para-hydroxylation sites is 2. The van der Waals surface area contributed by atoms with Gasteiger partial charge in [-0.25, -0.2) is 0 Å². The van der Waals surface area contributed by atoms with Gasteiger partial charge < -0.3 is 9.15 Å². The second-order valence-corrected chi connectivity index (χ2v) is 4.51. The van der Waals surface area contributed by atoms with Crippen LogP contribution in [0.4, 0.5) is 0 Å². The van der Waals surface area contributed by atoms with E-state index >= 15 is 0 Å². The van der Waals surface area contributed by atoms with E-state index in [0.29, 0.717) is 21.9 Å². The Morgan fingerprint density at radius 3 is 1.86 bits per heavy atom. The quantitative estimate of drug-likeness (QED) is 0.583. The molecule has 3 aromatic rings. The molecule has 3 heteroatoms. The van der Waals surface area contributed by atoms with Crippen LogP contribution in [0.15, 0.2) is 82.2 Å². The first-order chi connectivity index (χ1) is 10.4. The molecule has 3 nitrogen and oxygen atoms in total. The lowest BCUT2D eigenvalue weighted by molar-refractivity contribution is 0.286. The van der Waals surface area contributed by atoms with E-state index in [4.69, 9.17) is 9.15 Å². The smallest absolute Gasteiger partial charge is 0.200 e. The van der Waals surface area contributed by atoms with Gasteiger partial charge in [0.2, 0.25) is 5.43 Å². The summed E-state index contributed by atoms with van der Waals surface area (Å²) < 4.78 is 10.4. The van der Waals surface area contributed by atoms with Crippen LogP contribution in [0.5, 0.6) is 0 Å². The minimum atomic E-state index is 0.0347. The number of ether oxygens (including phenoxy) is 1. The van der Waals surface area contributed by atoms with Crippen molar-refractivity contribution in [1.29, 1.82) is 0 Å². The Balaban J connectivity index is 0.000000186. The Kier molecular flexibility index (Phi) is 3.83. The van der Waals surface area contributed by atoms with E-state index < -0.39 is 0 Å². The monoisotopic (exact) mass is 278 g/mol. The molecule has 0 saturated carbocycles. The molecule has 0 saturated heterocycles. The second-order valence-electron chi connectivity index (χ2n) is 4.51. The molecule has 0 atom stereocenters. The average molecular weight is 278 g/mol. The fourth-order valence-corrected chi connectivity index (χ4v) is 2.10. The van der Waals surface area contributed by atoms with Crippen LogP contribution in [0.3, 0.4) is 0 Å². The number of benzene rings is 2. The van der Waals surface area contributed by atoms with Gasteiger partial charge in [-0.05, 0) is 36.4 Å². The Labute approximate surface area is 121 Å². The Morgan fingerprint density at radius 1 is 0.810 bits per heavy atom. The summed E-state index contributed by atoms with van der Waals surface area (Å²) in [5.74, 6) is 0. The van der Waals surface area contributed by atoms with E-state index in [9.17, 15) is 4.79 Å². The van der Waals surface area contributed by atoms with Gasteiger partial charge in [-0.15, -0.1) is 0 Å². The van der Waals surface area contributed by atoms with Crippen molar-refractivity contribution in [2.24, 2.45) is 0 Å². The van der Waals surface area contributed by atoms with E-state index in [1.807, 2.05) is 54.6 Å². The summed E-state index contributed by atoms with van der Waals surface area (Å²) in [5.41, 5.74) is 1.31. The molecule has 0 spiro atoms. The van der Waals surface area contributed by atoms with Crippen molar-refractivity contribution in [3.8, 4) is 0 Å². The van der Waals surface area contributed by atoms with Gasteiger partial charge >= 0.3 is 0 Å². The van der Waals surface area contributed by atoms with Crippen LogP contribution in [0.1, 0.15) is 0 Å². The van der Waals surface area contributed by atoms with Gasteiger partial charge in [0, 0.05) is 0 Å². The van der Waals surface area contributed by atoms with Crippen molar-refractivity contribution in [2.75, 3.05) is 6.61 Å². The minimum Gasteiger partial charge on any atom is -0.497 e. The van der Waals surface area contributed by atoms with Crippen LogP contribution in [0.2, 0.25) is 0 Å². The van der Waals surface area contributed by atoms with Crippen LogP contribution in [-0.4, -0.2) is 6.61 Å². The van der Waals surface area contributed by atoms with E-state index in [1.54, 1.807) is 18.4 Å². The Morgan fingerprint density at radius 2 is 1.43 bits per heavy atom. The zero-order chi connectivity index (χ0) is 14.5. The topological polar surface area (TPSA) is 39.4 Å². The molecule has 1 aromatic heterocycles. The molecule has 2 heterocycles. The first-order valence-corrected chi connectivity index (χ1v) is 6.70. The highest BCUT2D eigenvalue weighted by Crippen LogP contribution is 2.17. The third-order valence-electron chi connectivity index (χ3n) is 3.10. The van der Waals surface area contributed by atoms with Crippen LogP contribution in [0.25, 0.3) is 21.9 Å². The molecular weight excluding hydrogens is 264 g/mol. The van der Waals surface area contributed by atoms with Gasteiger partial charge in [0.1, 0.15) is 17.8 Å². The molecule has 1 aliphatic rings. The third kappa shape index (κ3) is 2.87. The maximum absolute atomic E-state index is 12.0. The van der Waals surface area contributed by atoms with Gasteiger partial charge in [-0.2, -0.15) is 0 Å². The summed E-state index contributed by atoms with van der Waals surface area (Å²) in [5, 5.41) is 1.27. The zero-order valence-electron chi connectivity index (χ0n) is 11.4. The number of rotatable bonds is 0. The maximum Gasteiger partial charge on any atom is 0.200 e. The fraction of sp³-hybridized carbons (Fsp3) is 0.0556. The molecule has 0 bridgehead atoms. The summed E-state index contributed by atoms with van der Waals surface area (Å²) in [4.78, 5) is 12.0. The van der Waals surface area contributed by atoms with Crippen LogP contribution in [-0.2, 0) is 4.74 Å². The molecule has 1 aliphatic heterocycles. The molecule has 21 heavy (non-hydrogen) atoms. The number of fused-ring (bicyclic) bond motifs is 2. The minimum absolute atomic E-state index is 0.0347. The first kappa shape index (κ1) is 13.2. The van der Waals surface area contributed by atoms with Crippen LogP contribution >= 0.6 is 0 Å². The molecular formula is C18H14O3. The molecule has 0 unspecified atom stereocenters. The Bertz CT molecular complexity index is 803. The second kappa shape index (κ2) is 6.09. The highest BCUT2D eigenvalue weighted by atomic mass is 16.5. The van der Waals surface area contributed by atoms with E-state index in [0.717, 1.165) is 6.61 Å². The summed E-state index contributed by atoms with van der Waals surface area (Å²) in [6, 6.07) is 14.6. The van der Waals surface area contributed by atoms with Gasteiger partial charge in [-0.1, -0.05) is 30.3 Å². The van der Waals surface area contributed by atoms with Gasteiger partial charge in [-0.3, -0.25) is 4.79 Å². The number of hydrogen-bond donors (Lipinski definition) is 0. The van der Waals surface area contributed by atoms with Crippen LogP contribution in [0, 0.1) is 0 Å². The average Bonchev–Trinajstić information content (AvgIpc) is 2.57. The van der Waals surface area contributed by atoms with Gasteiger partial charge in [0.25, 0.3) is 0 Å². The first-order valence-electron chi connectivity index (χ1n) is 6.70. The molecule has 0 amide bonds. The predicted molar refractivity (Wildman–Crippen MR) is 84.2 cm³/mol. The van der Waals surface area contributed by atoms with Gasteiger partial charge in [0.15, 0.2) is 0 Å². The predicted octanol–water partition coefficient (Wildman–Crippen LogP) is 4.03. The maximum atomic E-state index is 12.0. The van der Waals surface area contributed by atoms with E-state index in [2.05, 4.69) is 0 Å². The highest BCUT2D eigenvalue weighted by Gasteiger charge is 2.04. The molecule has 4 rings (SSSR count). The normalized spacial score (nSPS) is 12.8. The van der Waals surface area contributed by atoms with Crippen molar-refractivity contribution in [3.63, 3.8) is 0 Å². The lowest BCUT2D eigenvalue weighted by atomic mass is 10.1. The highest BCUT2D eigenvalue weighted by molar-refractivity contribution is 5.89. The third-order valence-corrected chi connectivity index (χ3v) is 3.10. The lowest BCUT2D eigenvalue weighted by Crippen LogP contribution is -2.01. The largest absolute Gasteiger partial charge is 0.497 e. The fourth-order valence-electron chi connectivity index (χ4n) is 2.10. The van der Waals surface area contributed by atoms with Crippen molar-refractivity contribution in [2.45, 2.75) is 0 Å². The Hall–Kier alpha value is -2.81. The summed E-state index contributed by atoms with van der Waals surface area (Å²) in [7, 11) is 0. The molecule has 2 aromatic carbocycles. The van der Waals surface area contributed by atoms with Crippen molar-refractivity contribution in [1.82, 2.24) is 0 Å². The summed E-state index contributed by atoms with van der Waals surface area (Å²) in [6.45, 7) is 0.733. The molecule has 0 radical (unpaired) electrons. The molecule has 104 valence electrons. The van der Waals surface area contributed by atoms with Crippen molar-refractivity contribution in [3.05, 3.63) is 83.2 Å². The standard InChI is InChI=1S/C13H8O2.C5H6O/c14-13-9-5-1-3-7-11(9)15-12-8-4-2-6-10(12)13;1-2-4-6-5-3-1/h1-8H;1-4H,5H2. The van der Waals surface area contributed by atoms with Crippen LogP contribution < -0.4 is 5.43 Å². The SMILES string of the molecule is C1=CCOC=C1.O=c1c2ccccc2oc2ccccc12. The molecule has 0 aliphatic carbocycles. The lowest BCUT2D eigenvalue weighted by Gasteiger charge is -1.99. The number of hydrogen-bond acceptors (Lipinski definition) is 3. The zero-order valence-corrected chi connectivity index (χ0v) is 11.4. The summed E-state index contributed by atoms with van der Waals surface area (Å²) in [6.07, 6.45) is 7.47. The number of allylic oxidation sites excluding steroid dienone is 2. The van der Waals surface area contributed by atoms with Gasteiger partial charge in [0.05, 0.1) is 17.0 Å². The van der Waals surface area contributed by atoms with Crippen molar-refractivity contribution >= 4 is 21.9 Å². The van der Waals surface area contributed by atoms with E-state index in [-0.39, 0.29) is 5.43 Å².